The highest BCUT2D eigenvalue weighted by molar-refractivity contribution is 6.30. The molecule has 3 rings (SSSR count). The Kier molecular flexibility index (Phi) is 2.53. The molecule has 0 aliphatic carbocycles. The molecule has 0 unspecified atom stereocenters. The van der Waals surface area contributed by atoms with E-state index in [0.717, 1.165) is 0 Å². The second-order valence-electron chi connectivity index (χ2n) is 3.54. The minimum Gasteiger partial charge on any atom is -0.402 e. The smallest absolute Gasteiger partial charge is 0.367 e. The molecule has 0 fully saturated rings. The highest BCUT2D eigenvalue weighted by Crippen LogP contribution is 2.19. The normalized spacial score (nSPS) is 10.7. The van der Waals surface area contributed by atoms with E-state index in [4.69, 9.17) is 16.0 Å². The lowest BCUT2D eigenvalue weighted by Gasteiger charge is -2.00. The Morgan fingerprint density at radius 3 is 2.56 bits per heavy atom. The predicted octanol–water partition coefficient (Wildman–Crippen LogP) is 2.30. The summed E-state index contributed by atoms with van der Waals surface area (Å²) in [5.41, 5.74) is 0.482. The van der Waals surface area contributed by atoms with Crippen molar-refractivity contribution in [2.24, 2.45) is 0 Å². The molecule has 3 aromatic rings. The Labute approximate surface area is 106 Å². The average molecular weight is 260 g/mol. The van der Waals surface area contributed by atoms with Crippen LogP contribution in [0.4, 0.5) is 0 Å². The fourth-order valence-electron chi connectivity index (χ4n) is 1.53. The first-order valence-corrected chi connectivity index (χ1v) is 5.49. The van der Waals surface area contributed by atoms with Crippen LogP contribution in [0.5, 0.6) is 0 Å². The molecule has 6 heteroatoms. The van der Waals surface area contributed by atoms with Crippen LogP contribution in [0, 0.1) is 0 Å². The average Bonchev–Trinajstić information content (AvgIpc) is 2.39. The summed E-state index contributed by atoms with van der Waals surface area (Å²) in [5, 5.41) is 0.599. The number of fused-ring (bicyclic) bond motifs is 1. The van der Waals surface area contributed by atoms with Gasteiger partial charge in [-0.25, -0.2) is 14.8 Å². The minimum atomic E-state index is -0.557. The summed E-state index contributed by atoms with van der Waals surface area (Å²) in [4.78, 5) is 23.7. The number of rotatable bonds is 1. The molecule has 2 aromatic heterocycles. The van der Waals surface area contributed by atoms with Gasteiger partial charge in [-0.05, 0) is 24.3 Å². The molecule has 1 aromatic carbocycles. The van der Waals surface area contributed by atoms with Crippen LogP contribution >= 0.6 is 11.6 Å². The summed E-state index contributed by atoms with van der Waals surface area (Å²) in [6, 6.07) is 6.82. The fourth-order valence-corrected chi connectivity index (χ4v) is 1.65. The Morgan fingerprint density at radius 1 is 1.06 bits per heavy atom. The summed E-state index contributed by atoms with van der Waals surface area (Å²) >= 11 is 5.79. The van der Waals surface area contributed by atoms with Crippen LogP contribution in [0.2, 0.25) is 5.02 Å². The second kappa shape index (κ2) is 4.19. The topological polar surface area (TPSA) is 68.9 Å². The van der Waals surface area contributed by atoms with Crippen molar-refractivity contribution in [2.45, 2.75) is 0 Å². The van der Waals surface area contributed by atoms with E-state index < -0.39 is 5.63 Å². The zero-order chi connectivity index (χ0) is 12.5. The number of benzene rings is 1. The van der Waals surface area contributed by atoms with Gasteiger partial charge in [0.05, 0.1) is 0 Å². The van der Waals surface area contributed by atoms with Gasteiger partial charge in [0.1, 0.15) is 0 Å². The van der Waals surface area contributed by atoms with Gasteiger partial charge in [-0.15, -0.1) is 0 Å². The molecule has 0 spiro atoms. The Bertz CT molecular complexity index is 768. The number of nitrogens with zero attached hydrogens (tertiary/aromatic N) is 3. The third-order valence-electron chi connectivity index (χ3n) is 2.36. The molecule has 5 nitrogen and oxygen atoms in total. The molecule has 0 atom stereocenters. The molecule has 0 radical (unpaired) electrons. The van der Waals surface area contributed by atoms with Crippen LogP contribution in [-0.4, -0.2) is 15.0 Å². The minimum absolute atomic E-state index is 0.121. The third-order valence-corrected chi connectivity index (χ3v) is 2.61. The van der Waals surface area contributed by atoms with Gasteiger partial charge in [0.2, 0.25) is 5.89 Å². The van der Waals surface area contributed by atoms with Crippen LogP contribution in [-0.2, 0) is 0 Å². The summed E-state index contributed by atoms with van der Waals surface area (Å²) in [7, 11) is 0. The number of hydrogen-bond donors (Lipinski definition) is 0. The van der Waals surface area contributed by atoms with E-state index in [9.17, 15) is 4.79 Å². The summed E-state index contributed by atoms with van der Waals surface area (Å²) < 4.78 is 5.10. The molecule has 0 aliphatic rings. The van der Waals surface area contributed by atoms with E-state index in [-0.39, 0.29) is 17.1 Å². The molecule has 0 saturated heterocycles. The molecular weight excluding hydrogens is 254 g/mol. The lowest BCUT2D eigenvalue weighted by molar-refractivity contribution is 0.515. The monoisotopic (exact) mass is 259 g/mol. The first kappa shape index (κ1) is 10.9. The zero-order valence-corrected chi connectivity index (χ0v) is 9.76. The van der Waals surface area contributed by atoms with Gasteiger partial charge in [0, 0.05) is 23.0 Å². The first-order chi connectivity index (χ1) is 8.74. The fraction of sp³-hybridized carbons (Fsp3) is 0. The lowest BCUT2D eigenvalue weighted by atomic mass is 10.2. The van der Waals surface area contributed by atoms with E-state index in [2.05, 4.69) is 15.0 Å². The maximum atomic E-state index is 11.7. The molecule has 88 valence electrons. The van der Waals surface area contributed by atoms with Crippen LogP contribution < -0.4 is 5.63 Å². The predicted molar refractivity (Wildman–Crippen MR) is 66.3 cm³/mol. The van der Waals surface area contributed by atoms with E-state index >= 15 is 0 Å². The highest BCUT2D eigenvalue weighted by atomic mass is 35.5. The van der Waals surface area contributed by atoms with Crippen molar-refractivity contribution in [3.63, 3.8) is 0 Å². The van der Waals surface area contributed by atoms with E-state index in [1.165, 1.54) is 12.4 Å². The van der Waals surface area contributed by atoms with Crippen molar-refractivity contribution in [3.05, 3.63) is 52.1 Å². The number of halogens is 1. The van der Waals surface area contributed by atoms with Crippen molar-refractivity contribution in [3.8, 4) is 11.5 Å². The second-order valence-corrected chi connectivity index (χ2v) is 3.98. The summed E-state index contributed by atoms with van der Waals surface area (Å²) in [6.07, 6.45) is 2.89. The quantitative estimate of drug-likeness (QED) is 0.671. The van der Waals surface area contributed by atoms with E-state index in [1.807, 2.05) is 0 Å². The van der Waals surface area contributed by atoms with Crippen LogP contribution in [0.15, 0.2) is 45.9 Å². The van der Waals surface area contributed by atoms with E-state index in [0.29, 0.717) is 10.6 Å². The molecule has 2 heterocycles. The molecule has 0 bridgehead atoms. The van der Waals surface area contributed by atoms with Crippen molar-refractivity contribution in [2.75, 3.05) is 0 Å². The summed E-state index contributed by atoms with van der Waals surface area (Å²) in [5.74, 6) is 0.199. The Morgan fingerprint density at radius 2 is 1.78 bits per heavy atom. The maximum absolute atomic E-state index is 11.7. The van der Waals surface area contributed by atoms with Crippen molar-refractivity contribution >= 4 is 22.8 Å². The number of hydrogen-bond acceptors (Lipinski definition) is 5. The highest BCUT2D eigenvalue weighted by Gasteiger charge is 2.09. The van der Waals surface area contributed by atoms with Crippen LogP contribution in [0.3, 0.4) is 0 Å². The van der Waals surface area contributed by atoms with Gasteiger partial charge in [-0.3, -0.25) is 0 Å². The molecular formula is C12H6ClN3O2. The standard InChI is InChI=1S/C12H6ClN3O2/c13-8-3-1-7(2-4-8)11-16-10-9(12(17)18-11)14-5-6-15-10/h1-6H. The molecule has 0 N–H and O–H groups in total. The SMILES string of the molecule is O=c1oc(-c2ccc(Cl)cc2)nc2nccnc12. The van der Waals surface area contributed by atoms with Gasteiger partial charge >= 0.3 is 5.63 Å². The first-order valence-electron chi connectivity index (χ1n) is 5.12. The van der Waals surface area contributed by atoms with Crippen LogP contribution in [0.1, 0.15) is 0 Å². The molecule has 0 aliphatic heterocycles. The summed E-state index contributed by atoms with van der Waals surface area (Å²) in [6.45, 7) is 0. The molecule has 18 heavy (non-hydrogen) atoms. The molecule has 0 amide bonds. The zero-order valence-electron chi connectivity index (χ0n) is 9.00. The largest absolute Gasteiger partial charge is 0.402 e. The van der Waals surface area contributed by atoms with Gasteiger partial charge in [-0.2, -0.15) is 4.98 Å². The number of aromatic nitrogens is 3. The Hall–Kier alpha value is -2.27. The van der Waals surface area contributed by atoms with Gasteiger partial charge in [-0.1, -0.05) is 11.6 Å². The van der Waals surface area contributed by atoms with Gasteiger partial charge in [0.25, 0.3) is 0 Å². The van der Waals surface area contributed by atoms with E-state index in [1.54, 1.807) is 24.3 Å². The molecule has 0 saturated carbocycles. The third kappa shape index (κ3) is 1.84. The van der Waals surface area contributed by atoms with Crippen molar-refractivity contribution in [1.82, 2.24) is 15.0 Å². The lowest BCUT2D eigenvalue weighted by Crippen LogP contribution is -2.05. The van der Waals surface area contributed by atoms with Crippen LogP contribution in [0.25, 0.3) is 22.6 Å². The van der Waals surface area contributed by atoms with Gasteiger partial charge < -0.3 is 4.42 Å². The van der Waals surface area contributed by atoms with Gasteiger partial charge in [0.15, 0.2) is 11.2 Å². The maximum Gasteiger partial charge on any atom is 0.367 e. The Balaban J connectivity index is 2.24. The van der Waals surface area contributed by atoms with Crippen molar-refractivity contribution in [1.29, 1.82) is 0 Å². The van der Waals surface area contributed by atoms with Crippen molar-refractivity contribution < 1.29 is 4.42 Å².